The molecule has 0 radical (unpaired) electrons. The Hall–Kier alpha value is -0.710. The van der Waals surface area contributed by atoms with Crippen LogP contribution >= 0.6 is 0 Å². The van der Waals surface area contributed by atoms with Crippen molar-refractivity contribution in [1.29, 1.82) is 0 Å². The van der Waals surface area contributed by atoms with E-state index in [0.29, 0.717) is 13.1 Å². The number of alkyl halides is 2. The largest absolute Gasteiger partial charge is 0.481 e. The quantitative estimate of drug-likeness (QED) is 0.697. The molecule has 3 nitrogen and oxygen atoms in total. The number of halogens is 2. The molecular formula is C8H15F2NO2. The maximum Gasteiger partial charge on any atom is 0.309 e. The highest BCUT2D eigenvalue weighted by Gasteiger charge is 2.33. The van der Waals surface area contributed by atoms with Gasteiger partial charge in [0, 0.05) is 0 Å². The number of carboxylic acids is 1. The zero-order chi connectivity index (χ0) is 10.5. The standard InChI is InChI=1S/C8H15F2NO2/c1-3-11(4-2)6-8(9,10)5-7(12)13/h3-6H2,1-2H3,(H,12,13). The van der Waals surface area contributed by atoms with E-state index in [1.54, 1.807) is 13.8 Å². The number of nitrogens with zero attached hydrogens (tertiary/aromatic N) is 1. The second-order valence-corrected chi connectivity index (χ2v) is 2.89. The van der Waals surface area contributed by atoms with Gasteiger partial charge in [-0.05, 0) is 13.1 Å². The Morgan fingerprint density at radius 1 is 1.38 bits per heavy atom. The molecule has 0 amide bonds. The molecule has 78 valence electrons. The highest BCUT2D eigenvalue weighted by atomic mass is 19.3. The van der Waals surface area contributed by atoms with E-state index in [2.05, 4.69) is 0 Å². The minimum absolute atomic E-state index is 0.480. The number of aliphatic carboxylic acids is 1. The van der Waals surface area contributed by atoms with Crippen LogP contribution in [0.2, 0.25) is 0 Å². The molecule has 1 N–H and O–H groups in total. The zero-order valence-electron chi connectivity index (χ0n) is 7.89. The van der Waals surface area contributed by atoms with Crippen molar-refractivity contribution in [2.24, 2.45) is 0 Å². The number of hydrogen-bond donors (Lipinski definition) is 1. The van der Waals surface area contributed by atoms with Crippen LogP contribution in [0.1, 0.15) is 20.3 Å². The van der Waals surface area contributed by atoms with Crippen LogP contribution in [0.15, 0.2) is 0 Å². The molecule has 0 fully saturated rings. The van der Waals surface area contributed by atoms with Crippen molar-refractivity contribution in [2.75, 3.05) is 19.6 Å². The monoisotopic (exact) mass is 195 g/mol. The van der Waals surface area contributed by atoms with Gasteiger partial charge >= 0.3 is 5.97 Å². The van der Waals surface area contributed by atoms with Crippen LogP contribution in [0.4, 0.5) is 8.78 Å². The van der Waals surface area contributed by atoms with Gasteiger partial charge in [0.05, 0.1) is 6.54 Å². The van der Waals surface area contributed by atoms with E-state index in [9.17, 15) is 13.6 Å². The summed E-state index contributed by atoms with van der Waals surface area (Å²) < 4.78 is 25.8. The van der Waals surface area contributed by atoms with Crippen LogP contribution in [0, 0.1) is 0 Å². The van der Waals surface area contributed by atoms with Crippen LogP contribution in [0.3, 0.4) is 0 Å². The first-order chi connectivity index (χ1) is 5.91. The summed E-state index contributed by atoms with van der Waals surface area (Å²) in [5.74, 6) is -4.59. The summed E-state index contributed by atoms with van der Waals surface area (Å²) in [6.07, 6.45) is -1.09. The summed E-state index contributed by atoms with van der Waals surface area (Å²) in [4.78, 5) is 11.6. The molecule has 0 aliphatic carbocycles. The van der Waals surface area contributed by atoms with E-state index in [0.717, 1.165) is 0 Å². The molecule has 0 rings (SSSR count). The third-order valence-electron chi connectivity index (χ3n) is 1.76. The molecule has 0 aromatic carbocycles. The van der Waals surface area contributed by atoms with Crippen LogP contribution < -0.4 is 0 Å². The Bertz CT molecular complexity index is 170. The van der Waals surface area contributed by atoms with Crippen molar-refractivity contribution in [1.82, 2.24) is 4.90 Å². The molecule has 0 unspecified atom stereocenters. The summed E-state index contributed by atoms with van der Waals surface area (Å²) in [5.41, 5.74) is 0. The van der Waals surface area contributed by atoms with Gasteiger partial charge in [-0.25, -0.2) is 8.78 Å². The van der Waals surface area contributed by atoms with Gasteiger partial charge in [-0.2, -0.15) is 0 Å². The van der Waals surface area contributed by atoms with E-state index in [-0.39, 0.29) is 0 Å². The van der Waals surface area contributed by atoms with E-state index in [4.69, 9.17) is 5.11 Å². The third-order valence-corrected chi connectivity index (χ3v) is 1.76. The van der Waals surface area contributed by atoms with Gasteiger partial charge in [0.25, 0.3) is 5.92 Å². The Morgan fingerprint density at radius 3 is 2.15 bits per heavy atom. The highest BCUT2D eigenvalue weighted by Crippen LogP contribution is 2.19. The average Bonchev–Trinajstić information content (AvgIpc) is 1.97. The maximum atomic E-state index is 12.9. The van der Waals surface area contributed by atoms with Crippen LogP contribution in [-0.4, -0.2) is 41.5 Å². The molecule has 0 aliphatic heterocycles. The summed E-state index contributed by atoms with van der Waals surface area (Å²) >= 11 is 0. The fourth-order valence-electron chi connectivity index (χ4n) is 1.05. The first kappa shape index (κ1) is 12.3. The number of hydrogen-bond acceptors (Lipinski definition) is 2. The lowest BCUT2D eigenvalue weighted by atomic mass is 10.2. The van der Waals surface area contributed by atoms with Crippen molar-refractivity contribution >= 4 is 5.97 Å². The molecule has 0 aromatic heterocycles. The number of carboxylic acid groups (broad SMARTS) is 1. The Morgan fingerprint density at radius 2 is 1.85 bits per heavy atom. The van der Waals surface area contributed by atoms with Gasteiger partial charge in [-0.1, -0.05) is 13.8 Å². The minimum atomic E-state index is -3.13. The second-order valence-electron chi connectivity index (χ2n) is 2.89. The summed E-state index contributed by atoms with van der Waals surface area (Å²) in [6.45, 7) is 4.06. The average molecular weight is 195 g/mol. The van der Waals surface area contributed by atoms with Crippen molar-refractivity contribution in [3.63, 3.8) is 0 Å². The van der Waals surface area contributed by atoms with Gasteiger partial charge in [0.2, 0.25) is 0 Å². The molecule has 0 atom stereocenters. The van der Waals surface area contributed by atoms with Crippen LogP contribution in [0.25, 0.3) is 0 Å². The van der Waals surface area contributed by atoms with Gasteiger partial charge in [0.1, 0.15) is 6.42 Å². The number of rotatable bonds is 6. The zero-order valence-corrected chi connectivity index (χ0v) is 7.89. The lowest BCUT2D eigenvalue weighted by molar-refractivity contribution is -0.146. The summed E-state index contributed by atoms with van der Waals surface area (Å²) in [6, 6.07) is 0. The van der Waals surface area contributed by atoms with Gasteiger partial charge in [0.15, 0.2) is 0 Å². The molecule has 5 heteroatoms. The molecule has 13 heavy (non-hydrogen) atoms. The molecule has 0 aliphatic rings. The molecule has 0 saturated carbocycles. The summed E-state index contributed by atoms with van der Waals surface area (Å²) in [7, 11) is 0. The predicted octanol–water partition coefficient (Wildman–Crippen LogP) is 1.44. The molecule has 0 spiro atoms. The molecule has 0 heterocycles. The van der Waals surface area contributed by atoms with Crippen molar-refractivity contribution in [2.45, 2.75) is 26.2 Å². The van der Waals surface area contributed by atoms with Gasteiger partial charge in [-0.3, -0.25) is 9.69 Å². The van der Waals surface area contributed by atoms with E-state index < -0.39 is 24.9 Å². The molecule has 0 saturated heterocycles. The Labute approximate surface area is 76.3 Å². The van der Waals surface area contributed by atoms with Crippen LogP contribution in [-0.2, 0) is 4.79 Å². The lowest BCUT2D eigenvalue weighted by Crippen LogP contribution is -2.38. The summed E-state index contributed by atoms with van der Waals surface area (Å²) in [5, 5.41) is 8.21. The smallest absolute Gasteiger partial charge is 0.309 e. The van der Waals surface area contributed by atoms with E-state index in [1.807, 2.05) is 0 Å². The SMILES string of the molecule is CCN(CC)CC(F)(F)CC(=O)O. The third kappa shape index (κ3) is 5.52. The first-order valence-electron chi connectivity index (χ1n) is 4.23. The fourth-order valence-corrected chi connectivity index (χ4v) is 1.05. The molecule has 0 bridgehead atoms. The number of carbonyl (C=O) groups is 1. The normalized spacial score (nSPS) is 12.1. The second kappa shape index (κ2) is 5.11. The maximum absolute atomic E-state index is 12.9. The lowest BCUT2D eigenvalue weighted by Gasteiger charge is -2.23. The van der Waals surface area contributed by atoms with Crippen molar-refractivity contribution in [3.05, 3.63) is 0 Å². The van der Waals surface area contributed by atoms with Gasteiger partial charge in [-0.15, -0.1) is 0 Å². The molecule has 0 aromatic rings. The van der Waals surface area contributed by atoms with E-state index in [1.165, 1.54) is 4.90 Å². The fraction of sp³-hybridized carbons (Fsp3) is 0.875. The minimum Gasteiger partial charge on any atom is -0.481 e. The predicted molar refractivity (Wildman–Crippen MR) is 45.0 cm³/mol. The van der Waals surface area contributed by atoms with Crippen LogP contribution in [0.5, 0.6) is 0 Å². The Kier molecular flexibility index (Phi) is 4.83. The van der Waals surface area contributed by atoms with Crippen molar-refractivity contribution < 1.29 is 18.7 Å². The topological polar surface area (TPSA) is 40.5 Å². The highest BCUT2D eigenvalue weighted by molar-refractivity contribution is 5.67. The first-order valence-corrected chi connectivity index (χ1v) is 4.23. The Balaban J connectivity index is 4.05. The molecular weight excluding hydrogens is 180 g/mol. The van der Waals surface area contributed by atoms with Gasteiger partial charge < -0.3 is 5.11 Å². The van der Waals surface area contributed by atoms with E-state index >= 15 is 0 Å². The van der Waals surface area contributed by atoms with Crippen molar-refractivity contribution in [3.8, 4) is 0 Å².